The van der Waals surface area contributed by atoms with Crippen molar-refractivity contribution in [3.05, 3.63) is 23.0 Å². The van der Waals surface area contributed by atoms with Gasteiger partial charge in [-0.1, -0.05) is 11.6 Å². The van der Waals surface area contributed by atoms with Gasteiger partial charge >= 0.3 is 0 Å². The molecule has 2 N–H and O–H groups in total. The van der Waals surface area contributed by atoms with E-state index in [1.54, 1.807) is 0 Å². The summed E-state index contributed by atoms with van der Waals surface area (Å²) in [5.74, 6) is 0.601. The summed E-state index contributed by atoms with van der Waals surface area (Å²) in [5, 5.41) is 3.88. The molecule has 10 heteroatoms. The maximum Gasteiger partial charge on any atom is 0.213 e. The second-order valence-corrected chi connectivity index (χ2v) is 9.37. The van der Waals surface area contributed by atoms with E-state index in [0.29, 0.717) is 37.2 Å². The van der Waals surface area contributed by atoms with Crippen LogP contribution in [0.2, 0.25) is 5.02 Å². The second kappa shape index (κ2) is 11.0. The van der Waals surface area contributed by atoms with E-state index in [0.717, 1.165) is 25.0 Å². The Morgan fingerprint density at radius 2 is 2.25 bits per heavy atom. The molecule has 1 aliphatic rings. The van der Waals surface area contributed by atoms with Crippen LogP contribution in [0.15, 0.2) is 17.3 Å². The Morgan fingerprint density at radius 1 is 1.46 bits per heavy atom. The zero-order valence-electron chi connectivity index (χ0n) is 16.9. The van der Waals surface area contributed by atoms with Crippen molar-refractivity contribution < 1.29 is 13.2 Å². The van der Waals surface area contributed by atoms with Crippen LogP contribution in [-0.4, -0.2) is 69.0 Å². The maximum absolute atomic E-state index is 12.2. The fourth-order valence-corrected chi connectivity index (χ4v) is 4.23. The number of guanidine groups is 1. The van der Waals surface area contributed by atoms with Crippen molar-refractivity contribution in [1.82, 2.24) is 19.5 Å². The van der Waals surface area contributed by atoms with Crippen LogP contribution in [0.1, 0.15) is 31.9 Å². The van der Waals surface area contributed by atoms with Gasteiger partial charge in [0.2, 0.25) is 10.0 Å². The van der Waals surface area contributed by atoms with E-state index in [1.807, 2.05) is 42.7 Å². The monoisotopic (exact) mass is 433 g/mol. The molecule has 0 radical (unpaired) electrons. The molecule has 28 heavy (non-hydrogen) atoms. The van der Waals surface area contributed by atoms with Crippen molar-refractivity contribution in [3.63, 3.8) is 0 Å². The van der Waals surface area contributed by atoms with Crippen LogP contribution in [0.25, 0.3) is 0 Å². The lowest BCUT2D eigenvalue weighted by atomic mass is 10.1. The fraction of sp³-hybridized carbons (Fsp3) is 0.722. The molecule has 1 atom stereocenters. The van der Waals surface area contributed by atoms with Crippen molar-refractivity contribution in [2.24, 2.45) is 12.0 Å². The lowest BCUT2D eigenvalue weighted by Crippen LogP contribution is -2.40. The Kier molecular flexibility index (Phi) is 9.07. The largest absolute Gasteiger partial charge is 0.377 e. The Labute approximate surface area is 173 Å². The number of aryl methyl sites for hydroxylation is 1. The number of ether oxygens (including phenoxy) is 1. The van der Waals surface area contributed by atoms with Crippen molar-refractivity contribution in [2.75, 3.05) is 39.0 Å². The first-order valence-electron chi connectivity index (χ1n) is 9.70. The third-order valence-electron chi connectivity index (χ3n) is 4.60. The molecule has 0 bridgehead atoms. The third-order valence-corrected chi connectivity index (χ3v) is 6.13. The highest BCUT2D eigenvalue weighted by molar-refractivity contribution is 7.89. The van der Waals surface area contributed by atoms with Crippen molar-refractivity contribution in [1.29, 1.82) is 0 Å². The van der Waals surface area contributed by atoms with Crippen LogP contribution in [0.5, 0.6) is 0 Å². The van der Waals surface area contributed by atoms with Gasteiger partial charge in [0.15, 0.2) is 5.96 Å². The molecular formula is C18H32ClN5O3S. The lowest BCUT2D eigenvalue weighted by molar-refractivity contribution is 0.0200. The van der Waals surface area contributed by atoms with Crippen molar-refractivity contribution in [3.8, 4) is 0 Å². The minimum atomic E-state index is -3.38. The van der Waals surface area contributed by atoms with Crippen LogP contribution in [-0.2, 0) is 28.4 Å². The quantitative estimate of drug-likeness (QED) is 0.456. The number of nitrogens with zero attached hydrogens (tertiary/aromatic N) is 3. The summed E-state index contributed by atoms with van der Waals surface area (Å²) in [4.78, 5) is 6.41. The number of halogens is 1. The smallest absolute Gasteiger partial charge is 0.213 e. The van der Waals surface area contributed by atoms with E-state index < -0.39 is 10.0 Å². The van der Waals surface area contributed by atoms with Gasteiger partial charge in [-0.3, -0.25) is 4.99 Å². The van der Waals surface area contributed by atoms with Gasteiger partial charge in [0.05, 0.1) is 30.0 Å². The molecule has 0 spiro atoms. The Morgan fingerprint density at radius 3 is 2.86 bits per heavy atom. The number of aliphatic imine (C=N–C) groups is 1. The van der Waals surface area contributed by atoms with Crippen molar-refractivity contribution >= 4 is 27.6 Å². The zero-order chi connectivity index (χ0) is 20.6. The number of nitrogens with one attached hydrogen (secondary N) is 2. The summed E-state index contributed by atoms with van der Waals surface area (Å²) in [5.41, 5.74) is 1.04. The molecule has 1 unspecified atom stereocenters. The number of hydrogen-bond acceptors (Lipinski definition) is 4. The molecule has 1 aromatic heterocycles. The van der Waals surface area contributed by atoms with Crippen LogP contribution in [0.4, 0.5) is 0 Å². The average Bonchev–Trinajstić information content (AvgIpc) is 2.97. The van der Waals surface area contributed by atoms with Gasteiger partial charge in [-0.2, -0.15) is 0 Å². The van der Waals surface area contributed by atoms with Gasteiger partial charge in [0, 0.05) is 45.7 Å². The molecule has 8 nitrogen and oxygen atoms in total. The highest BCUT2D eigenvalue weighted by atomic mass is 35.5. The highest BCUT2D eigenvalue weighted by Gasteiger charge is 2.18. The summed E-state index contributed by atoms with van der Waals surface area (Å²) in [6.45, 7) is 4.51. The molecule has 0 amide bonds. The van der Waals surface area contributed by atoms with Gasteiger partial charge in [-0.05, 0) is 32.3 Å². The molecule has 1 fully saturated rings. The topological polar surface area (TPSA) is 88.0 Å². The zero-order valence-corrected chi connectivity index (χ0v) is 18.5. The van der Waals surface area contributed by atoms with E-state index in [4.69, 9.17) is 16.3 Å². The van der Waals surface area contributed by atoms with Gasteiger partial charge in [0.1, 0.15) is 0 Å². The van der Waals surface area contributed by atoms with Crippen LogP contribution >= 0.6 is 11.6 Å². The number of aromatic nitrogens is 1. The minimum absolute atomic E-state index is 0.0208. The third kappa shape index (κ3) is 7.62. The molecule has 1 aromatic rings. The number of sulfonamides is 1. The molecule has 1 saturated heterocycles. The predicted molar refractivity (Wildman–Crippen MR) is 113 cm³/mol. The van der Waals surface area contributed by atoms with E-state index in [1.165, 1.54) is 0 Å². The Hall–Kier alpha value is -1.29. The molecule has 1 aliphatic heterocycles. The second-order valence-electron chi connectivity index (χ2n) is 7.01. The van der Waals surface area contributed by atoms with Crippen LogP contribution in [0, 0.1) is 0 Å². The first kappa shape index (κ1) is 23.0. The number of hydrogen-bond donors (Lipinski definition) is 2. The maximum atomic E-state index is 12.2. The summed E-state index contributed by atoms with van der Waals surface area (Å²) in [6.07, 6.45) is 4.87. The molecule has 2 heterocycles. The SMILES string of the molecule is CCNC(=NCCS(=O)(=O)NCC1CCCCO1)N(C)Cc1cc(Cl)cn1C. The van der Waals surface area contributed by atoms with Crippen molar-refractivity contribution in [2.45, 2.75) is 38.8 Å². The van der Waals surface area contributed by atoms with E-state index in [9.17, 15) is 8.42 Å². The molecule has 0 aromatic carbocycles. The standard InChI is InChI=1S/C18H32ClN5O3S/c1-4-20-18(24(3)14-16-11-15(19)13-23(16)2)21-8-10-28(25,26)22-12-17-7-5-6-9-27-17/h11,13,17,22H,4-10,12,14H2,1-3H3,(H,20,21). The molecule has 160 valence electrons. The number of rotatable bonds is 9. The lowest BCUT2D eigenvalue weighted by Gasteiger charge is -2.23. The van der Waals surface area contributed by atoms with Crippen LogP contribution < -0.4 is 10.0 Å². The van der Waals surface area contributed by atoms with Crippen LogP contribution in [0.3, 0.4) is 0 Å². The Balaban J connectivity index is 1.87. The Bertz CT molecular complexity index is 744. The first-order valence-corrected chi connectivity index (χ1v) is 11.7. The molecule has 0 saturated carbocycles. The molecular weight excluding hydrogens is 402 g/mol. The highest BCUT2D eigenvalue weighted by Crippen LogP contribution is 2.14. The summed E-state index contributed by atoms with van der Waals surface area (Å²) < 4.78 is 34.6. The van der Waals surface area contributed by atoms with E-state index in [-0.39, 0.29) is 18.4 Å². The summed E-state index contributed by atoms with van der Waals surface area (Å²) >= 11 is 6.04. The summed E-state index contributed by atoms with van der Waals surface area (Å²) in [7, 11) is 0.466. The van der Waals surface area contributed by atoms with Gasteiger partial charge in [-0.15, -0.1) is 0 Å². The van der Waals surface area contributed by atoms with Gasteiger partial charge < -0.3 is 19.5 Å². The molecule has 0 aliphatic carbocycles. The molecule has 2 rings (SSSR count). The van der Waals surface area contributed by atoms with E-state index in [2.05, 4.69) is 15.0 Å². The fourth-order valence-electron chi connectivity index (χ4n) is 3.04. The van der Waals surface area contributed by atoms with Gasteiger partial charge in [-0.25, -0.2) is 13.1 Å². The normalized spacial score (nSPS) is 18.3. The van der Waals surface area contributed by atoms with E-state index >= 15 is 0 Å². The van der Waals surface area contributed by atoms with Gasteiger partial charge in [0.25, 0.3) is 0 Å². The average molecular weight is 434 g/mol. The summed E-state index contributed by atoms with van der Waals surface area (Å²) in [6, 6.07) is 1.91. The first-order chi connectivity index (χ1) is 13.3. The minimum Gasteiger partial charge on any atom is -0.377 e. The predicted octanol–water partition coefficient (Wildman–Crippen LogP) is 1.56.